The van der Waals surface area contributed by atoms with Gasteiger partial charge in [-0.25, -0.2) is 0 Å². The van der Waals surface area contributed by atoms with Gasteiger partial charge in [-0.05, 0) is 46.9 Å². The van der Waals surface area contributed by atoms with Crippen molar-refractivity contribution in [2.45, 2.75) is 32.4 Å². The highest BCUT2D eigenvalue weighted by Gasteiger charge is 2.42. The SMILES string of the molecule is CC(C)c1ccc(C2c3c(oc4ccccc4c3=O)C(=O)N2Cc2ccc3c(c2)OCO3)cc1. The summed E-state index contributed by atoms with van der Waals surface area (Å²) in [6.45, 7) is 4.75. The molecule has 6 rings (SSSR count). The molecule has 4 aromatic rings. The molecule has 170 valence electrons. The Balaban J connectivity index is 1.50. The Morgan fingerprint density at radius 3 is 2.50 bits per heavy atom. The predicted octanol–water partition coefficient (Wildman–Crippen LogP) is 5.39. The highest BCUT2D eigenvalue weighted by Crippen LogP contribution is 2.40. The van der Waals surface area contributed by atoms with Crippen molar-refractivity contribution < 1.29 is 18.7 Å². The number of nitrogens with zero attached hydrogens (tertiary/aromatic N) is 1. The molecule has 0 saturated carbocycles. The van der Waals surface area contributed by atoms with Crippen molar-refractivity contribution in [1.82, 2.24) is 4.90 Å². The lowest BCUT2D eigenvalue weighted by Gasteiger charge is -2.25. The molecule has 6 heteroatoms. The van der Waals surface area contributed by atoms with Gasteiger partial charge in [0.1, 0.15) is 5.58 Å². The Hall–Kier alpha value is -4.06. The lowest BCUT2D eigenvalue weighted by atomic mass is 9.95. The van der Waals surface area contributed by atoms with E-state index in [1.54, 1.807) is 29.2 Å². The van der Waals surface area contributed by atoms with Crippen molar-refractivity contribution in [2.24, 2.45) is 0 Å². The molecular weight excluding hydrogens is 430 g/mol. The summed E-state index contributed by atoms with van der Waals surface area (Å²) in [7, 11) is 0. The van der Waals surface area contributed by atoms with Crippen LogP contribution in [0.25, 0.3) is 11.0 Å². The first-order chi connectivity index (χ1) is 16.5. The normalized spacial score (nSPS) is 16.5. The summed E-state index contributed by atoms with van der Waals surface area (Å²) in [6.07, 6.45) is 0. The minimum atomic E-state index is -0.546. The van der Waals surface area contributed by atoms with Crippen LogP contribution < -0.4 is 14.9 Å². The van der Waals surface area contributed by atoms with Gasteiger partial charge in [-0.15, -0.1) is 0 Å². The second-order valence-electron chi connectivity index (χ2n) is 9.01. The summed E-state index contributed by atoms with van der Waals surface area (Å²) in [4.78, 5) is 28.9. The van der Waals surface area contributed by atoms with Gasteiger partial charge in [0.25, 0.3) is 5.91 Å². The van der Waals surface area contributed by atoms with Crippen LogP contribution in [0.15, 0.2) is 75.9 Å². The Kier molecular flexibility index (Phi) is 4.69. The van der Waals surface area contributed by atoms with E-state index in [2.05, 4.69) is 26.0 Å². The first kappa shape index (κ1) is 20.5. The Morgan fingerprint density at radius 1 is 0.941 bits per heavy atom. The topological polar surface area (TPSA) is 69.0 Å². The van der Waals surface area contributed by atoms with Gasteiger partial charge in [-0.1, -0.05) is 56.3 Å². The van der Waals surface area contributed by atoms with E-state index in [0.717, 1.165) is 11.1 Å². The standard InChI is InChI=1S/C28H23NO5/c1-16(2)18-8-10-19(11-9-18)25-24-26(30)20-5-3-4-6-21(20)34-27(24)28(31)29(25)14-17-7-12-22-23(13-17)33-15-32-22/h3-13,16,25H,14-15H2,1-2H3. The molecule has 0 radical (unpaired) electrons. The van der Waals surface area contributed by atoms with Crippen molar-refractivity contribution in [3.63, 3.8) is 0 Å². The van der Waals surface area contributed by atoms with Crippen LogP contribution in [0.5, 0.6) is 11.5 Å². The molecule has 0 bridgehead atoms. The number of rotatable bonds is 4. The number of para-hydroxylation sites is 1. The van der Waals surface area contributed by atoms with Gasteiger partial charge < -0.3 is 18.8 Å². The van der Waals surface area contributed by atoms with Gasteiger partial charge in [0.15, 0.2) is 16.9 Å². The number of amides is 1. The number of fused-ring (bicyclic) bond motifs is 3. The maximum atomic E-state index is 13.6. The van der Waals surface area contributed by atoms with Crippen molar-refractivity contribution in [3.8, 4) is 11.5 Å². The highest BCUT2D eigenvalue weighted by molar-refractivity contribution is 5.99. The van der Waals surface area contributed by atoms with Crippen LogP contribution in [0, 0.1) is 0 Å². The van der Waals surface area contributed by atoms with Crippen LogP contribution in [0.3, 0.4) is 0 Å². The van der Waals surface area contributed by atoms with Gasteiger partial charge in [0.2, 0.25) is 12.6 Å². The Labute approximate surface area is 196 Å². The number of benzene rings is 3. The van der Waals surface area contributed by atoms with E-state index in [1.165, 1.54) is 5.56 Å². The smallest absolute Gasteiger partial charge is 0.291 e. The highest BCUT2D eigenvalue weighted by atomic mass is 16.7. The van der Waals surface area contributed by atoms with E-state index in [-0.39, 0.29) is 23.9 Å². The third-order valence-electron chi connectivity index (χ3n) is 6.58. The minimum Gasteiger partial charge on any atom is -0.454 e. The molecule has 0 fully saturated rings. The lowest BCUT2D eigenvalue weighted by molar-refractivity contribution is 0.0714. The third kappa shape index (κ3) is 3.17. The van der Waals surface area contributed by atoms with Crippen LogP contribution in [0.4, 0.5) is 0 Å². The summed E-state index contributed by atoms with van der Waals surface area (Å²) in [5.41, 5.74) is 3.59. The fourth-order valence-corrected chi connectivity index (χ4v) is 4.78. The molecule has 1 amide bonds. The molecule has 0 saturated heterocycles. The third-order valence-corrected chi connectivity index (χ3v) is 6.58. The maximum absolute atomic E-state index is 13.6. The summed E-state index contributed by atoms with van der Waals surface area (Å²) in [5, 5.41) is 0.475. The Morgan fingerprint density at radius 2 is 1.71 bits per heavy atom. The molecule has 0 N–H and O–H groups in total. The monoisotopic (exact) mass is 453 g/mol. The molecular formula is C28H23NO5. The second kappa shape index (κ2) is 7.76. The minimum absolute atomic E-state index is 0.113. The maximum Gasteiger partial charge on any atom is 0.291 e. The zero-order valence-corrected chi connectivity index (χ0v) is 18.9. The van der Waals surface area contributed by atoms with Gasteiger partial charge >= 0.3 is 0 Å². The van der Waals surface area contributed by atoms with Crippen LogP contribution in [-0.4, -0.2) is 17.6 Å². The van der Waals surface area contributed by atoms with Gasteiger partial charge in [-0.3, -0.25) is 9.59 Å². The predicted molar refractivity (Wildman–Crippen MR) is 127 cm³/mol. The summed E-state index contributed by atoms with van der Waals surface area (Å²) in [5.74, 6) is 1.53. The number of hydrogen-bond acceptors (Lipinski definition) is 5. The molecule has 2 aliphatic heterocycles. The number of hydrogen-bond donors (Lipinski definition) is 0. The van der Waals surface area contributed by atoms with E-state index >= 15 is 0 Å². The lowest BCUT2D eigenvalue weighted by Crippen LogP contribution is -2.29. The Bertz CT molecular complexity index is 1490. The van der Waals surface area contributed by atoms with Crippen molar-refractivity contribution in [3.05, 3.63) is 105 Å². The van der Waals surface area contributed by atoms with Gasteiger partial charge in [0.05, 0.1) is 17.0 Å². The van der Waals surface area contributed by atoms with E-state index < -0.39 is 6.04 Å². The first-order valence-electron chi connectivity index (χ1n) is 11.4. The number of carbonyl (C=O) groups excluding carboxylic acids is 1. The largest absolute Gasteiger partial charge is 0.454 e. The number of carbonyl (C=O) groups is 1. The molecule has 1 unspecified atom stereocenters. The molecule has 3 heterocycles. The molecule has 1 atom stereocenters. The van der Waals surface area contributed by atoms with Gasteiger partial charge in [0, 0.05) is 6.54 Å². The summed E-state index contributed by atoms with van der Waals surface area (Å²) in [6, 6.07) is 20.3. The molecule has 6 nitrogen and oxygen atoms in total. The fourth-order valence-electron chi connectivity index (χ4n) is 4.78. The average molecular weight is 453 g/mol. The van der Waals surface area contributed by atoms with Crippen LogP contribution in [0.1, 0.15) is 58.6 Å². The molecule has 1 aromatic heterocycles. The zero-order chi connectivity index (χ0) is 23.4. The molecule has 0 spiro atoms. The van der Waals surface area contributed by atoms with Gasteiger partial charge in [-0.2, -0.15) is 0 Å². The number of ether oxygens (including phenoxy) is 2. The van der Waals surface area contributed by atoms with Crippen molar-refractivity contribution in [1.29, 1.82) is 0 Å². The van der Waals surface area contributed by atoms with E-state index in [0.29, 0.717) is 40.5 Å². The van der Waals surface area contributed by atoms with E-state index in [1.807, 2.05) is 30.3 Å². The molecule has 34 heavy (non-hydrogen) atoms. The zero-order valence-electron chi connectivity index (χ0n) is 18.9. The average Bonchev–Trinajstić information content (AvgIpc) is 3.42. The fraction of sp³-hybridized carbons (Fsp3) is 0.214. The van der Waals surface area contributed by atoms with Crippen LogP contribution in [0.2, 0.25) is 0 Å². The first-order valence-corrected chi connectivity index (χ1v) is 11.4. The molecule has 2 aliphatic rings. The second-order valence-corrected chi connectivity index (χ2v) is 9.01. The summed E-state index contributed by atoms with van der Waals surface area (Å²) < 4.78 is 17.0. The quantitative estimate of drug-likeness (QED) is 0.414. The van der Waals surface area contributed by atoms with Crippen molar-refractivity contribution >= 4 is 16.9 Å². The van der Waals surface area contributed by atoms with E-state index in [4.69, 9.17) is 13.9 Å². The van der Waals surface area contributed by atoms with E-state index in [9.17, 15) is 9.59 Å². The van der Waals surface area contributed by atoms with Crippen LogP contribution in [-0.2, 0) is 6.54 Å². The summed E-state index contributed by atoms with van der Waals surface area (Å²) >= 11 is 0. The molecule has 0 aliphatic carbocycles. The van der Waals surface area contributed by atoms with Crippen LogP contribution >= 0.6 is 0 Å². The molecule has 3 aromatic carbocycles. The van der Waals surface area contributed by atoms with Crippen molar-refractivity contribution in [2.75, 3.05) is 6.79 Å².